The van der Waals surface area contributed by atoms with Crippen molar-refractivity contribution in [2.75, 3.05) is 5.32 Å². The van der Waals surface area contributed by atoms with Crippen LogP contribution < -0.4 is 5.32 Å². The molecule has 5 nitrogen and oxygen atoms in total. The lowest BCUT2D eigenvalue weighted by molar-refractivity contribution is 0.0549. The summed E-state index contributed by atoms with van der Waals surface area (Å²) in [5.74, 6) is -1.50. The predicted molar refractivity (Wildman–Crippen MR) is 103 cm³/mol. The van der Waals surface area contributed by atoms with Gasteiger partial charge in [-0.15, -0.1) is 0 Å². The maximum absolute atomic E-state index is 13.5. The fourth-order valence-corrected chi connectivity index (χ4v) is 3.99. The highest BCUT2D eigenvalue weighted by Gasteiger charge is 2.40. The third kappa shape index (κ3) is 3.19. The molecule has 0 spiro atoms. The van der Waals surface area contributed by atoms with Gasteiger partial charge < -0.3 is 5.32 Å². The van der Waals surface area contributed by atoms with Crippen molar-refractivity contribution >= 4 is 23.4 Å². The van der Waals surface area contributed by atoms with Crippen LogP contribution in [-0.2, 0) is 0 Å². The summed E-state index contributed by atoms with van der Waals surface area (Å²) in [5, 5.41) is 2.67. The van der Waals surface area contributed by atoms with Crippen molar-refractivity contribution in [1.82, 2.24) is 4.90 Å². The number of carbonyl (C=O) groups excluding carboxylic acids is 3. The predicted octanol–water partition coefficient (Wildman–Crippen LogP) is 4.32. The molecule has 1 aliphatic heterocycles. The van der Waals surface area contributed by atoms with Crippen molar-refractivity contribution in [3.8, 4) is 0 Å². The van der Waals surface area contributed by atoms with E-state index < -0.39 is 11.7 Å². The van der Waals surface area contributed by atoms with Gasteiger partial charge in [0.2, 0.25) is 0 Å². The van der Waals surface area contributed by atoms with E-state index >= 15 is 0 Å². The maximum atomic E-state index is 13.5. The molecule has 1 heterocycles. The molecule has 28 heavy (non-hydrogen) atoms. The minimum atomic E-state index is -0.451. The lowest BCUT2D eigenvalue weighted by Crippen LogP contribution is -2.40. The molecule has 2 aromatic rings. The molecule has 0 saturated heterocycles. The van der Waals surface area contributed by atoms with Crippen molar-refractivity contribution in [2.24, 2.45) is 0 Å². The number of anilines is 1. The molecule has 1 saturated carbocycles. The first-order chi connectivity index (χ1) is 13.5. The minimum Gasteiger partial charge on any atom is -0.322 e. The molecule has 144 valence electrons. The van der Waals surface area contributed by atoms with Crippen molar-refractivity contribution < 1.29 is 18.8 Å². The Kier molecular flexibility index (Phi) is 4.71. The Labute approximate surface area is 162 Å². The number of halogens is 1. The Bertz CT molecular complexity index is 980. The van der Waals surface area contributed by atoms with Crippen LogP contribution in [0.1, 0.15) is 68.7 Å². The molecule has 0 atom stereocenters. The van der Waals surface area contributed by atoms with E-state index in [1.54, 1.807) is 13.0 Å². The molecule has 0 radical (unpaired) electrons. The van der Waals surface area contributed by atoms with Gasteiger partial charge in [-0.3, -0.25) is 19.3 Å². The number of benzene rings is 2. The topological polar surface area (TPSA) is 66.5 Å². The van der Waals surface area contributed by atoms with Crippen molar-refractivity contribution in [3.05, 3.63) is 64.5 Å². The standard InChI is InChI=1S/C22H21FN2O3/c1-13-7-9-15(23)12-19(13)24-20(26)14-8-10-17-18(11-14)22(28)25(21(17)27)16-5-3-2-4-6-16/h7-12,16H,2-6H2,1H3,(H,24,26). The molecule has 2 aliphatic rings. The van der Waals surface area contributed by atoms with Crippen LogP contribution in [-0.4, -0.2) is 28.7 Å². The lowest BCUT2D eigenvalue weighted by atomic mass is 9.94. The fourth-order valence-electron chi connectivity index (χ4n) is 3.99. The molecular weight excluding hydrogens is 359 g/mol. The second-order valence-corrected chi connectivity index (χ2v) is 7.45. The molecule has 2 aromatic carbocycles. The SMILES string of the molecule is Cc1ccc(F)cc1NC(=O)c1ccc2c(c1)C(=O)N(C1CCCCC1)C2=O. The van der Waals surface area contributed by atoms with Gasteiger partial charge in [0, 0.05) is 17.3 Å². The van der Waals surface area contributed by atoms with Gasteiger partial charge >= 0.3 is 0 Å². The smallest absolute Gasteiger partial charge is 0.261 e. The average Bonchev–Trinajstić information content (AvgIpc) is 2.95. The van der Waals surface area contributed by atoms with E-state index in [2.05, 4.69) is 5.32 Å². The normalized spacial score (nSPS) is 17.0. The van der Waals surface area contributed by atoms with Gasteiger partial charge in [-0.2, -0.15) is 0 Å². The van der Waals surface area contributed by atoms with Gasteiger partial charge in [-0.05, 0) is 55.7 Å². The van der Waals surface area contributed by atoms with Crippen molar-refractivity contribution in [2.45, 2.75) is 45.1 Å². The quantitative estimate of drug-likeness (QED) is 0.807. The Morgan fingerprint density at radius 3 is 2.46 bits per heavy atom. The Morgan fingerprint density at radius 2 is 1.71 bits per heavy atom. The van der Waals surface area contributed by atoms with Gasteiger partial charge in [0.15, 0.2) is 0 Å². The molecule has 1 aliphatic carbocycles. The minimum absolute atomic E-state index is 0.0617. The lowest BCUT2D eigenvalue weighted by Gasteiger charge is -2.29. The van der Waals surface area contributed by atoms with Crippen molar-refractivity contribution in [3.63, 3.8) is 0 Å². The van der Waals surface area contributed by atoms with Crippen LogP contribution in [0.3, 0.4) is 0 Å². The number of aryl methyl sites for hydroxylation is 1. The van der Waals surface area contributed by atoms with Crippen LogP contribution in [0.15, 0.2) is 36.4 Å². The number of hydrogen-bond donors (Lipinski definition) is 1. The summed E-state index contributed by atoms with van der Waals surface area (Å²) in [4.78, 5) is 39.6. The molecule has 1 N–H and O–H groups in total. The first-order valence-electron chi connectivity index (χ1n) is 9.55. The van der Waals surface area contributed by atoms with Crippen LogP contribution in [0.5, 0.6) is 0 Å². The second-order valence-electron chi connectivity index (χ2n) is 7.45. The molecule has 3 amide bonds. The summed E-state index contributed by atoms with van der Waals surface area (Å²) in [5.41, 5.74) is 1.96. The molecule has 6 heteroatoms. The average molecular weight is 380 g/mol. The largest absolute Gasteiger partial charge is 0.322 e. The first-order valence-corrected chi connectivity index (χ1v) is 9.55. The maximum Gasteiger partial charge on any atom is 0.261 e. The Hall–Kier alpha value is -3.02. The van der Waals surface area contributed by atoms with Crippen LogP contribution in [0.2, 0.25) is 0 Å². The van der Waals surface area contributed by atoms with E-state index in [9.17, 15) is 18.8 Å². The summed E-state index contributed by atoms with van der Waals surface area (Å²) in [6, 6.07) is 8.61. The van der Waals surface area contributed by atoms with Crippen LogP contribution >= 0.6 is 0 Å². The first kappa shape index (κ1) is 18.3. The molecular formula is C22H21FN2O3. The monoisotopic (exact) mass is 380 g/mol. The number of imide groups is 1. The van der Waals surface area contributed by atoms with E-state index in [-0.39, 0.29) is 29.0 Å². The Balaban J connectivity index is 1.59. The van der Waals surface area contributed by atoms with Crippen LogP contribution in [0.25, 0.3) is 0 Å². The number of nitrogens with one attached hydrogen (secondary N) is 1. The van der Waals surface area contributed by atoms with Gasteiger partial charge in [-0.1, -0.05) is 25.3 Å². The highest BCUT2D eigenvalue weighted by molar-refractivity contribution is 6.22. The van der Waals surface area contributed by atoms with Crippen molar-refractivity contribution in [1.29, 1.82) is 0 Å². The molecule has 0 bridgehead atoms. The number of hydrogen-bond acceptors (Lipinski definition) is 3. The molecule has 4 rings (SSSR count). The summed E-state index contributed by atoms with van der Waals surface area (Å²) in [6.07, 6.45) is 4.82. The number of nitrogens with zero attached hydrogens (tertiary/aromatic N) is 1. The highest BCUT2D eigenvalue weighted by atomic mass is 19.1. The third-order valence-corrected chi connectivity index (χ3v) is 5.57. The third-order valence-electron chi connectivity index (χ3n) is 5.57. The zero-order chi connectivity index (χ0) is 19.8. The zero-order valence-corrected chi connectivity index (χ0v) is 15.6. The second kappa shape index (κ2) is 7.19. The highest BCUT2D eigenvalue weighted by Crippen LogP contribution is 2.31. The summed E-state index contributed by atoms with van der Waals surface area (Å²) in [6.45, 7) is 1.77. The summed E-state index contributed by atoms with van der Waals surface area (Å²) >= 11 is 0. The van der Waals surface area contributed by atoms with E-state index in [0.29, 0.717) is 11.3 Å². The van der Waals surface area contributed by atoms with Gasteiger partial charge in [0.25, 0.3) is 17.7 Å². The van der Waals surface area contributed by atoms with Crippen LogP contribution in [0.4, 0.5) is 10.1 Å². The Morgan fingerprint density at radius 1 is 1.00 bits per heavy atom. The van der Waals surface area contributed by atoms with E-state index in [1.165, 1.54) is 35.2 Å². The number of carbonyl (C=O) groups is 3. The number of amides is 3. The van der Waals surface area contributed by atoms with E-state index in [1.807, 2.05) is 0 Å². The van der Waals surface area contributed by atoms with Gasteiger partial charge in [0.05, 0.1) is 11.1 Å². The molecule has 0 aromatic heterocycles. The summed E-state index contributed by atoms with van der Waals surface area (Å²) in [7, 11) is 0. The van der Waals surface area contributed by atoms with Gasteiger partial charge in [-0.25, -0.2) is 4.39 Å². The zero-order valence-electron chi connectivity index (χ0n) is 15.6. The fraction of sp³-hybridized carbons (Fsp3) is 0.318. The number of fused-ring (bicyclic) bond motifs is 1. The van der Waals surface area contributed by atoms with Crippen LogP contribution in [0, 0.1) is 12.7 Å². The van der Waals surface area contributed by atoms with E-state index in [0.717, 1.165) is 37.7 Å². The van der Waals surface area contributed by atoms with E-state index in [4.69, 9.17) is 0 Å². The molecule has 1 fully saturated rings. The summed E-state index contributed by atoms with van der Waals surface area (Å²) < 4.78 is 13.5. The number of rotatable bonds is 3. The van der Waals surface area contributed by atoms with Gasteiger partial charge in [0.1, 0.15) is 5.82 Å². The molecule has 0 unspecified atom stereocenters.